The van der Waals surface area contributed by atoms with Gasteiger partial charge in [0.2, 0.25) is 0 Å². The van der Waals surface area contributed by atoms with Crippen LogP contribution in [0.3, 0.4) is 0 Å². The summed E-state index contributed by atoms with van der Waals surface area (Å²) in [6.45, 7) is 5.09. The zero-order chi connectivity index (χ0) is 18.2. The fourth-order valence-corrected chi connectivity index (χ4v) is 3.50. The predicted molar refractivity (Wildman–Crippen MR) is 96.0 cm³/mol. The molecular weight excluding hydrogens is 431 g/mol. The van der Waals surface area contributed by atoms with E-state index < -0.39 is 41.9 Å². The Labute approximate surface area is 147 Å². The molecule has 24 heavy (non-hydrogen) atoms. The number of hydrogen-bond acceptors (Lipinski definition) is 5. The Kier molecular flexibility index (Phi) is 7.75. The van der Waals surface area contributed by atoms with Crippen molar-refractivity contribution < 1.29 is 29.0 Å². The Balaban J connectivity index is 2.41. The first-order valence-electron chi connectivity index (χ1n) is 7.00. The fraction of sp³-hybridized carbons (Fsp3) is 0.400. The molecule has 8 nitrogen and oxygen atoms in total. The predicted octanol–water partition coefficient (Wildman–Crippen LogP) is 3.49. The summed E-state index contributed by atoms with van der Waals surface area (Å²) in [6.07, 6.45) is -1.55. The van der Waals surface area contributed by atoms with Crippen LogP contribution in [0.25, 0.3) is 0 Å². The topological polar surface area (TPSA) is 114 Å². The van der Waals surface area contributed by atoms with E-state index in [4.69, 9.17) is 14.6 Å². The number of nitrogens with one attached hydrogen (secondary N) is 2. The molecule has 0 spiro atoms. The number of benzene rings is 1. The van der Waals surface area contributed by atoms with Gasteiger partial charge in [-0.2, -0.15) is 0 Å². The number of carboxylic acid groups (broad SMARTS) is 1. The maximum absolute atomic E-state index is 11.6. The van der Waals surface area contributed by atoms with Crippen LogP contribution in [-0.2, 0) is 16.1 Å². The van der Waals surface area contributed by atoms with E-state index in [1.807, 2.05) is 18.2 Å². The number of carbonyl (C=O) groups excluding carboxylic acids is 2. The molecule has 2 amide bonds. The fourth-order valence-electron chi connectivity index (χ4n) is 1.42. The van der Waals surface area contributed by atoms with Crippen LogP contribution >= 0.6 is 20.1 Å². The second kappa shape index (κ2) is 9.30. The van der Waals surface area contributed by atoms with Crippen molar-refractivity contribution >= 4 is 36.3 Å². The first-order chi connectivity index (χ1) is 11.2. The van der Waals surface area contributed by atoms with Crippen LogP contribution in [0, 0.1) is 0 Å². The van der Waals surface area contributed by atoms with E-state index >= 15 is 0 Å². The standard InChI is InChI=1S/C15H21IN2O6/c1-15(2,3)24-14(22)18-16(12(19)20)10-17-13(21)23-9-11-7-5-4-6-8-11/h4-8H,9-10H2,1-3H3,(H,17,21)(H,18,22)(H,19,20). The normalized spacial score (nSPS) is 11.2. The molecule has 0 bridgehead atoms. The zero-order valence-electron chi connectivity index (χ0n) is 13.7. The molecule has 1 aromatic rings. The Morgan fingerprint density at radius 3 is 2.29 bits per heavy atom. The molecule has 0 atom stereocenters. The van der Waals surface area contributed by atoms with E-state index in [-0.39, 0.29) is 11.2 Å². The quantitative estimate of drug-likeness (QED) is 0.200. The van der Waals surface area contributed by atoms with Gasteiger partial charge in [0.05, 0.1) is 0 Å². The first kappa shape index (κ1) is 20.0. The number of alkyl halides is 1. The number of carbonyl (C=O) groups is 3. The van der Waals surface area contributed by atoms with Crippen molar-refractivity contribution in [1.29, 1.82) is 0 Å². The molecule has 0 aliphatic carbocycles. The van der Waals surface area contributed by atoms with Crippen LogP contribution in [-0.4, -0.2) is 31.4 Å². The van der Waals surface area contributed by atoms with Gasteiger partial charge >= 0.3 is 147 Å². The third-order valence-electron chi connectivity index (χ3n) is 2.34. The molecule has 134 valence electrons. The molecule has 3 N–H and O–H groups in total. The van der Waals surface area contributed by atoms with E-state index in [1.54, 1.807) is 32.9 Å². The van der Waals surface area contributed by atoms with E-state index in [9.17, 15) is 14.4 Å². The molecular formula is C15H21IN2O6. The number of amides is 2. The van der Waals surface area contributed by atoms with Crippen molar-refractivity contribution in [3.63, 3.8) is 0 Å². The molecule has 1 rings (SSSR count). The van der Waals surface area contributed by atoms with Crippen LogP contribution in [0.15, 0.2) is 30.3 Å². The van der Waals surface area contributed by atoms with Crippen LogP contribution < -0.4 is 8.85 Å². The Bertz CT molecular complexity index is 573. The molecule has 0 unspecified atom stereocenters. The summed E-state index contributed by atoms with van der Waals surface area (Å²) in [5.74, 6) is 0. The maximum atomic E-state index is 11.6. The summed E-state index contributed by atoms with van der Waals surface area (Å²) >= 11 is -3.02. The van der Waals surface area contributed by atoms with Gasteiger partial charge < -0.3 is 0 Å². The molecule has 1 aromatic carbocycles. The second-order valence-corrected chi connectivity index (χ2v) is 9.87. The summed E-state index contributed by atoms with van der Waals surface area (Å²) in [5.41, 5.74) is 0.0834. The summed E-state index contributed by atoms with van der Waals surface area (Å²) in [6, 6.07) is 9.07. The van der Waals surface area contributed by atoms with Crippen molar-refractivity contribution in [2.45, 2.75) is 33.0 Å². The Morgan fingerprint density at radius 1 is 1.12 bits per heavy atom. The number of ether oxygens (including phenoxy) is 2. The molecule has 0 fully saturated rings. The average molecular weight is 452 g/mol. The van der Waals surface area contributed by atoms with Gasteiger partial charge in [-0.05, 0) is 0 Å². The number of alkyl carbamates (subject to hydrolysis) is 1. The van der Waals surface area contributed by atoms with Crippen molar-refractivity contribution in [3.05, 3.63) is 35.9 Å². The third-order valence-corrected chi connectivity index (χ3v) is 5.69. The minimum absolute atomic E-state index is 0.0768. The number of hydrogen-bond donors (Lipinski definition) is 3. The summed E-state index contributed by atoms with van der Waals surface area (Å²) in [7, 11) is 0. The van der Waals surface area contributed by atoms with Crippen molar-refractivity contribution in [2.75, 3.05) is 4.55 Å². The Morgan fingerprint density at radius 2 is 1.75 bits per heavy atom. The molecule has 0 aliphatic rings. The number of halogens is 1. The monoisotopic (exact) mass is 452 g/mol. The van der Waals surface area contributed by atoms with Gasteiger partial charge in [0.25, 0.3) is 0 Å². The summed E-state index contributed by atoms with van der Waals surface area (Å²) < 4.78 is 11.0. The van der Waals surface area contributed by atoms with E-state index in [1.165, 1.54) is 0 Å². The molecule has 0 saturated carbocycles. The van der Waals surface area contributed by atoms with Gasteiger partial charge in [-0.15, -0.1) is 0 Å². The molecule has 0 saturated heterocycles. The van der Waals surface area contributed by atoms with E-state index in [0.717, 1.165) is 5.56 Å². The molecule has 9 heteroatoms. The zero-order valence-corrected chi connectivity index (χ0v) is 15.8. The molecule has 0 aromatic heterocycles. The van der Waals surface area contributed by atoms with Gasteiger partial charge in [-0.1, -0.05) is 0 Å². The van der Waals surface area contributed by atoms with Crippen LogP contribution in [0.1, 0.15) is 26.3 Å². The van der Waals surface area contributed by atoms with Gasteiger partial charge in [-0.25, -0.2) is 0 Å². The molecule has 0 radical (unpaired) electrons. The van der Waals surface area contributed by atoms with Crippen LogP contribution in [0.2, 0.25) is 0 Å². The van der Waals surface area contributed by atoms with Gasteiger partial charge in [0, 0.05) is 0 Å². The van der Waals surface area contributed by atoms with E-state index in [0.29, 0.717) is 0 Å². The molecule has 0 aliphatic heterocycles. The van der Waals surface area contributed by atoms with Crippen molar-refractivity contribution in [3.8, 4) is 0 Å². The number of rotatable bonds is 6. The van der Waals surface area contributed by atoms with Gasteiger partial charge in [-0.3, -0.25) is 0 Å². The van der Waals surface area contributed by atoms with Crippen LogP contribution in [0.4, 0.5) is 14.4 Å². The average Bonchev–Trinajstić information content (AvgIpc) is 2.48. The van der Waals surface area contributed by atoms with E-state index in [2.05, 4.69) is 8.85 Å². The van der Waals surface area contributed by atoms with Crippen molar-refractivity contribution in [1.82, 2.24) is 8.85 Å². The minimum atomic E-state index is -3.02. The summed E-state index contributed by atoms with van der Waals surface area (Å²) in [5, 5.41) is 11.5. The second-order valence-electron chi connectivity index (χ2n) is 5.58. The van der Waals surface area contributed by atoms with Gasteiger partial charge in [0.1, 0.15) is 0 Å². The summed E-state index contributed by atoms with van der Waals surface area (Å²) in [4.78, 5) is 34.4. The SMILES string of the molecule is CC(C)(C)OC(=O)NI(CNC(=O)OCc1ccccc1)C(=O)O. The molecule has 0 heterocycles. The van der Waals surface area contributed by atoms with Gasteiger partial charge in [0.15, 0.2) is 0 Å². The first-order valence-corrected chi connectivity index (χ1v) is 10.7. The van der Waals surface area contributed by atoms with Crippen LogP contribution in [0.5, 0.6) is 0 Å². The Hall–Kier alpha value is -2.04. The third kappa shape index (κ3) is 8.56. The van der Waals surface area contributed by atoms with Crippen molar-refractivity contribution in [2.24, 2.45) is 0 Å².